The van der Waals surface area contributed by atoms with Gasteiger partial charge in [-0.15, -0.1) is 5.10 Å². The number of hydrogen-bond acceptors (Lipinski definition) is 5. The van der Waals surface area contributed by atoms with Crippen molar-refractivity contribution in [3.8, 4) is 0 Å². The molecule has 1 saturated heterocycles. The van der Waals surface area contributed by atoms with Gasteiger partial charge >= 0.3 is 0 Å². The van der Waals surface area contributed by atoms with E-state index in [0.717, 1.165) is 5.56 Å². The average Bonchev–Trinajstić information content (AvgIpc) is 3.08. The van der Waals surface area contributed by atoms with E-state index in [1.807, 2.05) is 35.2 Å². The number of carbonyl (C=O) groups excluding carboxylic acids is 1. The first kappa shape index (κ1) is 15.6. The molecule has 1 aromatic heterocycles. The maximum absolute atomic E-state index is 12.6. The zero-order valence-corrected chi connectivity index (χ0v) is 13.4. The van der Waals surface area contributed by atoms with E-state index in [-0.39, 0.29) is 24.7 Å². The van der Waals surface area contributed by atoms with Gasteiger partial charge in [0, 0.05) is 6.54 Å². The van der Waals surface area contributed by atoms with Crippen LogP contribution >= 0.6 is 0 Å². The Bertz CT molecular complexity index is 629. The molecule has 7 heteroatoms. The highest BCUT2D eigenvalue weighted by atomic mass is 16.5. The second-order valence-corrected chi connectivity index (χ2v) is 6.12. The molecule has 1 aliphatic rings. The van der Waals surface area contributed by atoms with Crippen LogP contribution in [0.3, 0.4) is 0 Å². The molecule has 0 N–H and O–H groups in total. The summed E-state index contributed by atoms with van der Waals surface area (Å²) in [4.78, 5) is 14.4. The Hall–Kier alpha value is -2.28. The van der Waals surface area contributed by atoms with Crippen molar-refractivity contribution in [1.29, 1.82) is 0 Å². The molecule has 2 heterocycles. The van der Waals surface area contributed by atoms with Gasteiger partial charge in [-0.1, -0.05) is 44.2 Å². The van der Waals surface area contributed by atoms with Crippen LogP contribution in [-0.4, -0.2) is 50.2 Å². The standard InChI is InChI=1S/C16H21N5O2/c1-12(2)14-8-20(16(22)10-21-11-17-18-19-21)9-15(23-14)13-6-4-3-5-7-13/h3-7,11-12,14-15H,8-10H2,1-2H3/t14-,15+/m1/s1. The van der Waals surface area contributed by atoms with Gasteiger partial charge in [0.2, 0.25) is 5.91 Å². The van der Waals surface area contributed by atoms with Gasteiger partial charge in [-0.05, 0) is 21.9 Å². The fourth-order valence-corrected chi connectivity index (χ4v) is 2.70. The Labute approximate surface area is 135 Å². The highest BCUT2D eigenvalue weighted by molar-refractivity contribution is 5.76. The van der Waals surface area contributed by atoms with Gasteiger partial charge in [0.05, 0.1) is 12.6 Å². The van der Waals surface area contributed by atoms with Gasteiger partial charge in [0.1, 0.15) is 19.0 Å². The van der Waals surface area contributed by atoms with Crippen molar-refractivity contribution in [2.45, 2.75) is 32.6 Å². The molecule has 2 aromatic rings. The molecule has 7 nitrogen and oxygen atoms in total. The van der Waals surface area contributed by atoms with Crippen LogP contribution in [0.25, 0.3) is 0 Å². The molecule has 1 fully saturated rings. The van der Waals surface area contributed by atoms with Crippen LogP contribution in [0.1, 0.15) is 25.5 Å². The molecule has 122 valence electrons. The van der Waals surface area contributed by atoms with Gasteiger partial charge in [-0.25, -0.2) is 4.68 Å². The summed E-state index contributed by atoms with van der Waals surface area (Å²) in [6, 6.07) is 10.0. The van der Waals surface area contributed by atoms with Crippen molar-refractivity contribution in [1.82, 2.24) is 25.1 Å². The maximum Gasteiger partial charge on any atom is 0.244 e. The van der Waals surface area contributed by atoms with E-state index >= 15 is 0 Å². The average molecular weight is 315 g/mol. The minimum Gasteiger partial charge on any atom is -0.366 e. The smallest absolute Gasteiger partial charge is 0.244 e. The molecule has 0 bridgehead atoms. The number of amides is 1. The molecule has 2 atom stereocenters. The maximum atomic E-state index is 12.6. The number of aromatic nitrogens is 4. The first-order valence-corrected chi connectivity index (χ1v) is 7.82. The van der Waals surface area contributed by atoms with E-state index in [4.69, 9.17) is 4.74 Å². The summed E-state index contributed by atoms with van der Waals surface area (Å²) < 4.78 is 7.65. The van der Waals surface area contributed by atoms with E-state index in [9.17, 15) is 4.79 Å². The number of hydrogen-bond donors (Lipinski definition) is 0. The summed E-state index contributed by atoms with van der Waals surface area (Å²) in [5.74, 6) is 0.344. The summed E-state index contributed by atoms with van der Waals surface area (Å²) in [6.45, 7) is 5.53. The molecule has 1 aromatic carbocycles. The summed E-state index contributed by atoms with van der Waals surface area (Å²) >= 11 is 0. The number of ether oxygens (including phenoxy) is 1. The lowest BCUT2D eigenvalue weighted by molar-refractivity contribution is -0.150. The van der Waals surface area contributed by atoms with Crippen molar-refractivity contribution < 1.29 is 9.53 Å². The Morgan fingerprint density at radius 2 is 2.09 bits per heavy atom. The highest BCUT2D eigenvalue weighted by Crippen LogP contribution is 2.28. The first-order chi connectivity index (χ1) is 11.1. The number of rotatable bonds is 4. The number of benzene rings is 1. The number of tetrazole rings is 1. The molecular weight excluding hydrogens is 294 g/mol. The Morgan fingerprint density at radius 3 is 2.74 bits per heavy atom. The molecule has 0 saturated carbocycles. The second-order valence-electron chi connectivity index (χ2n) is 6.12. The van der Waals surface area contributed by atoms with E-state index in [2.05, 4.69) is 29.4 Å². The lowest BCUT2D eigenvalue weighted by atomic mass is 10.0. The quantitative estimate of drug-likeness (QED) is 0.850. The van der Waals surface area contributed by atoms with Crippen LogP contribution < -0.4 is 0 Å². The molecule has 0 unspecified atom stereocenters. The van der Waals surface area contributed by atoms with Crippen LogP contribution in [0.2, 0.25) is 0 Å². The van der Waals surface area contributed by atoms with Gasteiger partial charge in [0.15, 0.2) is 0 Å². The van der Waals surface area contributed by atoms with Crippen LogP contribution in [0, 0.1) is 5.92 Å². The molecule has 23 heavy (non-hydrogen) atoms. The topological polar surface area (TPSA) is 73.1 Å². The van der Waals surface area contributed by atoms with Crippen molar-refractivity contribution >= 4 is 5.91 Å². The third-order valence-electron chi connectivity index (χ3n) is 4.08. The predicted molar refractivity (Wildman–Crippen MR) is 83.3 cm³/mol. The monoisotopic (exact) mass is 315 g/mol. The fourth-order valence-electron chi connectivity index (χ4n) is 2.70. The summed E-state index contributed by atoms with van der Waals surface area (Å²) in [7, 11) is 0. The molecule has 0 aliphatic carbocycles. The van der Waals surface area contributed by atoms with Crippen LogP contribution in [0.15, 0.2) is 36.7 Å². The number of carbonyl (C=O) groups is 1. The van der Waals surface area contributed by atoms with E-state index in [1.165, 1.54) is 11.0 Å². The first-order valence-electron chi connectivity index (χ1n) is 7.82. The molecule has 0 radical (unpaired) electrons. The van der Waals surface area contributed by atoms with E-state index < -0.39 is 0 Å². The predicted octanol–water partition coefficient (Wildman–Crippen LogP) is 1.30. The Morgan fingerprint density at radius 1 is 1.30 bits per heavy atom. The molecule has 3 rings (SSSR count). The van der Waals surface area contributed by atoms with Gasteiger partial charge in [-0.2, -0.15) is 0 Å². The summed E-state index contributed by atoms with van der Waals surface area (Å²) in [5.41, 5.74) is 1.10. The van der Waals surface area contributed by atoms with Gasteiger partial charge < -0.3 is 9.64 Å². The molecular formula is C16H21N5O2. The number of morpholine rings is 1. The van der Waals surface area contributed by atoms with Crippen LogP contribution in [0.5, 0.6) is 0 Å². The van der Waals surface area contributed by atoms with Crippen molar-refractivity contribution in [3.05, 3.63) is 42.2 Å². The van der Waals surface area contributed by atoms with E-state index in [1.54, 1.807) is 0 Å². The Balaban J connectivity index is 1.75. The molecule has 1 aliphatic heterocycles. The molecule has 0 spiro atoms. The van der Waals surface area contributed by atoms with Crippen LogP contribution in [0.4, 0.5) is 0 Å². The van der Waals surface area contributed by atoms with Crippen LogP contribution in [-0.2, 0) is 16.1 Å². The van der Waals surface area contributed by atoms with Crippen molar-refractivity contribution in [2.75, 3.05) is 13.1 Å². The lowest BCUT2D eigenvalue weighted by Crippen LogP contribution is -2.49. The third kappa shape index (κ3) is 3.73. The zero-order valence-electron chi connectivity index (χ0n) is 13.4. The zero-order chi connectivity index (χ0) is 16.2. The highest BCUT2D eigenvalue weighted by Gasteiger charge is 2.32. The number of nitrogens with zero attached hydrogens (tertiary/aromatic N) is 5. The fraction of sp³-hybridized carbons (Fsp3) is 0.500. The van der Waals surface area contributed by atoms with E-state index in [0.29, 0.717) is 19.0 Å². The largest absolute Gasteiger partial charge is 0.366 e. The summed E-state index contributed by atoms with van der Waals surface area (Å²) in [5, 5.41) is 10.9. The van der Waals surface area contributed by atoms with Crippen molar-refractivity contribution in [3.63, 3.8) is 0 Å². The van der Waals surface area contributed by atoms with Crippen molar-refractivity contribution in [2.24, 2.45) is 5.92 Å². The van der Waals surface area contributed by atoms with Gasteiger partial charge in [-0.3, -0.25) is 4.79 Å². The SMILES string of the molecule is CC(C)[C@H]1CN(C(=O)Cn2cnnn2)C[C@@H](c2ccccc2)O1. The summed E-state index contributed by atoms with van der Waals surface area (Å²) in [6.07, 6.45) is 1.37. The van der Waals surface area contributed by atoms with Gasteiger partial charge in [0.25, 0.3) is 0 Å². The minimum absolute atomic E-state index is 0.00665. The lowest BCUT2D eigenvalue weighted by Gasteiger charge is -2.40. The normalized spacial score (nSPS) is 21.6. The third-order valence-corrected chi connectivity index (χ3v) is 4.08. The second kappa shape index (κ2) is 6.87. The molecule has 1 amide bonds. The Kier molecular flexibility index (Phi) is 4.66. The minimum atomic E-state index is -0.102.